The molecule has 0 spiro atoms. The van der Waals surface area contributed by atoms with Crippen LogP contribution in [0.25, 0.3) is 11.5 Å². The monoisotopic (exact) mass is 430 g/mol. The summed E-state index contributed by atoms with van der Waals surface area (Å²) in [5.74, 6) is 2.15. The van der Waals surface area contributed by atoms with Gasteiger partial charge in [-0.1, -0.05) is 0 Å². The van der Waals surface area contributed by atoms with Crippen LogP contribution < -0.4 is 5.32 Å². The molecule has 0 unspecified atom stereocenters. The van der Waals surface area contributed by atoms with E-state index in [4.69, 9.17) is 4.98 Å². The Balaban J connectivity index is 2.16. The lowest BCUT2D eigenvalue weighted by atomic mass is 10.2. The van der Waals surface area contributed by atoms with E-state index in [1.54, 1.807) is 6.20 Å². The summed E-state index contributed by atoms with van der Waals surface area (Å²) in [4.78, 5) is 13.7. The first-order chi connectivity index (χ1) is 9.20. The molecular formula is C13H12BrIN4. The minimum atomic E-state index is 0.586. The molecule has 1 aliphatic carbocycles. The van der Waals surface area contributed by atoms with E-state index in [9.17, 15) is 0 Å². The fourth-order valence-corrected chi connectivity index (χ4v) is 3.30. The number of anilines is 1. The molecule has 1 saturated carbocycles. The molecule has 4 nitrogen and oxygen atoms in total. The Morgan fingerprint density at radius 3 is 2.79 bits per heavy atom. The summed E-state index contributed by atoms with van der Waals surface area (Å²) in [6.45, 7) is 0. The molecule has 0 atom stereocenters. The van der Waals surface area contributed by atoms with Crippen LogP contribution in [-0.4, -0.2) is 22.0 Å². The molecule has 0 saturated heterocycles. The van der Waals surface area contributed by atoms with Crippen LogP contribution in [0.5, 0.6) is 0 Å². The van der Waals surface area contributed by atoms with Gasteiger partial charge < -0.3 is 5.32 Å². The highest BCUT2D eigenvalue weighted by atomic mass is 127. The lowest BCUT2D eigenvalue weighted by molar-refractivity contribution is 0.972. The van der Waals surface area contributed by atoms with Crippen molar-refractivity contribution in [3.05, 3.63) is 32.1 Å². The first-order valence-corrected chi connectivity index (χ1v) is 7.94. The summed E-state index contributed by atoms with van der Waals surface area (Å²) in [5, 5.41) is 3.15. The fraction of sp³-hybridized carbons (Fsp3) is 0.308. The van der Waals surface area contributed by atoms with E-state index in [2.05, 4.69) is 53.8 Å². The number of aromatic nitrogens is 3. The molecule has 0 aliphatic heterocycles. The van der Waals surface area contributed by atoms with E-state index in [0.29, 0.717) is 11.7 Å². The molecular weight excluding hydrogens is 419 g/mol. The maximum absolute atomic E-state index is 4.72. The highest BCUT2D eigenvalue weighted by Gasteiger charge is 2.29. The van der Waals surface area contributed by atoms with Crippen LogP contribution in [0.4, 0.5) is 5.82 Å². The van der Waals surface area contributed by atoms with Gasteiger partial charge in [-0.25, -0.2) is 9.97 Å². The molecule has 0 radical (unpaired) electrons. The van der Waals surface area contributed by atoms with E-state index in [-0.39, 0.29) is 0 Å². The zero-order valence-electron chi connectivity index (χ0n) is 10.3. The first kappa shape index (κ1) is 13.2. The summed E-state index contributed by atoms with van der Waals surface area (Å²) in [6.07, 6.45) is 4.20. The lowest BCUT2D eigenvalue weighted by Gasteiger charge is -2.11. The number of hydrogen-bond acceptors (Lipinski definition) is 4. The molecule has 0 bridgehead atoms. The maximum Gasteiger partial charge on any atom is 0.181 e. The third-order valence-electron chi connectivity index (χ3n) is 3.05. The number of nitrogens with one attached hydrogen (secondary N) is 1. The Kier molecular flexibility index (Phi) is 3.70. The summed E-state index contributed by atoms with van der Waals surface area (Å²) in [6, 6.07) is 3.85. The van der Waals surface area contributed by atoms with Gasteiger partial charge in [0.05, 0.1) is 9.26 Å². The highest BCUT2D eigenvalue weighted by Crippen LogP contribution is 2.43. The zero-order chi connectivity index (χ0) is 13.4. The van der Waals surface area contributed by atoms with Gasteiger partial charge in [0, 0.05) is 23.6 Å². The topological polar surface area (TPSA) is 50.7 Å². The molecule has 19 heavy (non-hydrogen) atoms. The highest BCUT2D eigenvalue weighted by molar-refractivity contribution is 14.1. The number of pyridine rings is 1. The minimum absolute atomic E-state index is 0.586. The Bertz CT molecular complexity index is 628. The summed E-state index contributed by atoms with van der Waals surface area (Å²) in [5.41, 5.74) is 1.94. The van der Waals surface area contributed by atoms with Crippen LogP contribution in [0, 0.1) is 3.57 Å². The number of rotatable bonds is 3. The molecule has 2 aromatic rings. The SMILES string of the molecule is CNc1nc(-c2ncccc2Br)nc(C2CC2)c1I. The third kappa shape index (κ3) is 2.60. The van der Waals surface area contributed by atoms with Crippen molar-refractivity contribution in [2.24, 2.45) is 0 Å². The van der Waals surface area contributed by atoms with Crippen molar-refractivity contribution in [2.75, 3.05) is 12.4 Å². The molecule has 1 aliphatic rings. The van der Waals surface area contributed by atoms with E-state index in [0.717, 1.165) is 25.2 Å². The molecule has 3 rings (SSSR count). The maximum atomic E-state index is 4.72. The van der Waals surface area contributed by atoms with Gasteiger partial charge in [0.2, 0.25) is 0 Å². The van der Waals surface area contributed by atoms with Gasteiger partial charge in [-0.3, -0.25) is 4.98 Å². The number of hydrogen-bond donors (Lipinski definition) is 1. The predicted molar refractivity (Wildman–Crippen MR) is 87.2 cm³/mol. The molecule has 0 amide bonds. The van der Waals surface area contributed by atoms with Crippen molar-refractivity contribution >= 4 is 44.3 Å². The molecule has 1 N–H and O–H groups in total. The van der Waals surface area contributed by atoms with Gasteiger partial charge in [0.25, 0.3) is 0 Å². The fourth-order valence-electron chi connectivity index (χ4n) is 1.91. The smallest absolute Gasteiger partial charge is 0.181 e. The average molecular weight is 431 g/mol. The third-order valence-corrected chi connectivity index (χ3v) is 4.75. The number of nitrogens with zero attached hydrogens (tertiary/aromatic N) is 3. The van der Waals surface area contributed by atoms with E-state index in [1.165, 1.54) is 12.8 Å². The van der Waals surface area contributed by atoms with Crippen LogP contribution in [-0.2, 0) is 0 Å². The van der Waals surface area contributed by atoms with Gasteiger partial charge >= 0.3 is 0 Å². The standard InChI is InChI=1S/C13H12BrIN4/c1-16-12-9(15)10(7-4-5-7)18-13(19-12)11-8(14)3-2-6-17-11/h2-3,6-7H,4-5H2,1H3,(H,16,18,19). The minimum Gasteiger partial charge on any atom is -0.372 e. The van der Waals surface area contributed by atoms with Crippen molar-refractivity contribution in [3.8, 4) is 11.5 Å². The van der Waals surface area contributed by atoms with E-state index >= 15 is 0 Å². The lowest BCUT2D eigenvalue weighted by Crippen LogP contribution is -2.05. The molecule has 1 fully saturated rings. The normalized spacial score (nSPS) is 14.5. The average Bonchev–Trinajstić information content (AvgIpc) is 3.24. The van der Waals surface area contributed by atoms with Crippen molar-refractivity contribution in [2.45, 2.75) is 18.8 Å². The van der Waals surface area contributed by atoms with E-state index in [1.807, 2.05) is 19.2 Å². The van der Waals surface area contributed by atoms with Crippen molar-refractivity contribution < 1.29 is 0 Å². The molecule has 98 valence electrons. The number of halogens is 2. The van der Waals surface area contributed by atoms with Crippen LogP contribution >= 0.6 is 38.5 Å². The Morgan fingerprint density at radius 2 is 2.16 bits per heavy atom. The second-order valence-corrected chi connectivity index (χ2v) is 6.39. The van der Waals surface area contributed by atoms with Gasteiger partial charge in [0.15, 0.2) is 5.82 Å². The van der Waals surface area contributed by atoms with Gasteiger partial charge in [0.1, 0.15) is 11.5 Å². The van der Waals surface area contributed by atoms with Gasteiger partial charge in [-0.05, 0) is 63.5 Å². The van der Waals surface area contributed by atoms with Crippen LogP contribution in [0.2, 0.25) is 0 Å². The predicted octanol–water partition coefficient (Wildman–Crippen LogP) is 3.82. The zero-order valence-corrected chi connectivity index (χ0v) is 14.1. The summed E-state index contributed by atoms with van der Waals surface area (Å²) in [7, 11) is 1.89. The molecule has 2 aromatic heterocycles. The van der Waals surface area contributed by atoms with Crippen molar-refractivity contribution in [1.82, 2.24) is 15.0 Å². The second kappa shape index (κ2) is 5.32. The Hall–Kier alpha value is -0.760. The van der Waals surface area contributed by atoms with Crippen LogP contribution in [0.1, 0.15) is 24.5 Å². The van der Waals surface area contributed by atoms with Crippen molar-refractivity contribution in [3.63, 3.8) is 0 Å². The Labute approximate surface area is 133 Å². The van der Waals surface area contributed by atoms with Crippen LogP contribution in [0.3, 0.4) is 0 Å². The summed E-state index contributed by atoms with van der Waals surface area (Å²) < 4.78 is 2.04. The quantitative estimate of drug-likeness (QED) is 0.752. The first-order valence-electron chi connectivity index (χ1n) is 6.06. The summed E-state index contributed by atoms with van der Waals surface area (Å²) >= 11 is 5.83. The Morgan fingerprint density at radius 1 is 1.37 bits per heavy atom. The van der Waals surface area contributed by atoms with Gasteiger partial charge in [-0.2, -0.15) is 0 Å². The van der Waals surface area contributed by atoms with E-state index < -0.39 is 0 Å². The molecule has 6 heteroatoms. The van der Waals surface area contributed by atoms with Crippen molar-refractivity contribution in [1.29, 1.82) is 0 Å². The molecule has 2 heterocycles. The second-order valence-electron chi connectivity index (χ2n) is 4.45. The van der Waals surface area contributed by atoms with Crippen LogP contribution in [0.15, 0.2) is 22.8 Å². The van der Waals surface area contributed by atoms with Gasteiger partial charge in [-0.15, -0.1) is 0 Å². The molecule has 0 aromatic carbocycles. The largest absolute Gasteiger partial charge is 0.372 e.